The third kappa shape index (κ3) is 3.11. The number of phenols is 1. The quantitative estimate of drug-likeness (QED) is 0.646. The van der Waals surface area contributed by atoms with Crippen LogP contribution >= 0.6 is 0 Å². The zero-order chi connectivity index (χ0) is 18.3. The van der Waals surface area contributed by atoms with E-state index in [1.54, 1.807) is 6.07 Å². The first kappa shape index (κ1) is 16.8. The number of anilines is 2. The van der Waals surface area contributed by atoms with Crippen molar-refractivity contribution < 1.29 is 5.11 Å². The first-order valence-corrected chi connectivity index (χ1v) is 9.85. The Morgan fingerprint density at radius 3 is 3.00 bits per heavy atom. The highest BCUT2D eigenvalue weighted by molar-refractivity contribution is 5.76. The molecule has 1 spiro atoms. The van der Waals surface area contributed by atoms with E-state index >= 15 is 0 Å². The van der Waals surface area contributed by atoms with Gasteiger partial charge in [0.15, 0.2) is 5.82 Å². The molecule has 1 aromatic carbocycles. The third-order valence-corrected chi connectivity index (χ3v) is 6.13. The minimum absolute atomic E-state index is 0.0207. The molecule has 5 rings (SSSR count). The normalized spacial score (nSPS) is 27.8. The number of piperidine rings is 1. The van der Waals surface area contributed by atoms with Crippen molar-refractivity contribution in [3.8, 4) is 17.0 Å². The van der Waals surface area contributed by atoms with E-state index in [1.807, 2.05) is 24.3 Å². The van der Waals surface area contributed by atoms with Crippen LogP contribution in [0.3, 0.4) is 0 Å². The zero-order valence-corrected chi connectivity index (χ0v) is 15.4. The molecule has 7 nitrogen and oxygen atoms in total. The van der Waals surface area contributed by atoms with Crippen molar-refractivity contribution in [1.82, 2.24) is 20.4 Å². The number of likely N-dealkylation sites (tertiary alicyclic amines) is 1. The van der Waals surface area contributed by atoms with E-state index in [1.165, 1.54) is 19.4 Å². The summed E-state index contributed by atoms with van der Waals surface area (Å²) in [6, 6.07) is 9.91. The number of fused-ring (bicyclic) bond motifs is 1. The van der Waals surface area contributed by atoms with Gasteiger partial charge in [-0.3, -0.25) is 4.90 Å². The molecule has 2 saturated heterocycles. The Kier molecular flexibility index (Phi) is 4.13. The molecule has 0 radical (unpaired) electrons. The SMILES string of the molecule is Oc1ccccc1-c1cc2c(nn1)NCC1(CCCN(C3CCNC3)C1)N2. The number of para-hydroxylation sites is 1. The summed E-state index contributed by atoms with van der Waals surface area (Å²) >= 11 is 0. The van der Waals surface area contributed by atoms with E-state index in [4.69, 9.17) is 0 Å². The van der Waals surface area contributed by atoms with Crippen LogP contribution in [0.2, 0.25) is 0 Å². The van der Waals surface area contributed by atoms with Crippen molar-refractivity contribution in [2.24, 2.45) is 0 Å². The van der Waals surface area contributed by atoms with Crippen LogP contribution in [0, 0.1) is 0 Å². The van der Waals surface area contributed by atoms with Crippen molar-refractivity contribution >= 4 is 11.5 Å². The number of nitrogens with zero attached hydrogens (tertiary/aromatic N) is 3. The molecular weight excluding hydrogens is 340 g/mol. The van der Waals surface area contributed by atoms with Crippen molar-refractivity contribution in [1.29, 1.82) is 0 Å². The van der Waals surface area contributed by atoms with Gasteiger partial charge in [-0.25, -0.2) is 0 Å². The Morgan fingerprint density at radius 2 is 2.15 bits per heavy atom. The first-order valence-electron chi connectivity index (χ1n) is 9.85. The summed E-state index contributed by atoms with van der Waals surface area (Å²) in [6.07, 6.45) is 3.58. The van der Waals surface area contributed by atoms with E-state index < -0.39 is 0 Å². The van der Waals surface area contributed by atoms with Crippen molar-refractivity contribution in [3.63, 3.8) is 0 Å². The predicted molar refractivity (Wildman–Crippen MR) is 106 cm³/mol. The zero-order valence-electron chi connectivity index (χ0n) is 15.4. The first-order chi connectivity index (χ1) is 13.2. The van der Waals surface area contributed by atoms with Gasteiger partial charge in [0.2, 0.25) is 0 Å². The Bertz CT molecular complexity index is 837. The van der Waals surface area contributed by atoms with Gasteiger partial charge in [-0.1, -0.05) is 12.1 Å². The summed E-state index contributed by atoms with van der Waals surface area (Å²) in [4.78, 5) is 2.64. The van der Waals surface area contributed by atoms with E-state index in [0.717, 1.165) is 44.1 Å². The number of rotatable bonds is 2. The van der Waals surface area contributed by atoms with Crippen LogP contribution in [0.1, 0.15) is 19.3 Å². The summed E-state index contributed by atoms with van der Waals surface area (Å²) in [5.41, 5.74) is 2.38. The van der Waals surface area contributed by atoms with Gasteiger partial charge in [0.25, 0.3) is 0 Å². The van der Waals surface area contributed by atoms with E-state index in [9.17, 15) is 5.11 Å². The predicted octanol–water partition coefficient (Wildman–Crippen LogP) is 1.88. The third-order valence-electron chi connectivity index (χ3n) is 6.13. The Balaban J connectivity index is 1.41. The molecule has 3 aliphatic heterocycles. The molecule has 4 N–H and O–H groups in total. The van der Waals surface area contributed by atoms with Crippen molar-refractivity contribution in [3.05, 3.63) is 30.3 Å². The fourth-order valence-corrected chi connectivity index (χ4v) is 4.70. The largest absolute Gasteiger partial charge is 0.507 e. The average molecular weight is 366 g/mol. The minimum atomic E-state index is 0.0207. The minimum Gasteiger partial charge on any atom is -0.507 e. The van der Waals surface area contributed by atoms with Crippen molar-refractivity contribution in [2.75, 3.05) is 43.4 Å². The number of aromatic hydroxyl groups is 1. The molecule has 142 valence electrons. The fraction of sp³-hybridized carbons (Fsp3) is 0.500. The maximum atomic E-state index is 10.1. The van der Waals surface area contributed by atoms with E-state index in [-0.39, 0.29) is 11.3 Å². The van der Waals surface area contributed by atoms with Gasteiger partial charge in [0.05, 0.1) is 16.9 Å². The molecule has 0 saturated carbocycles. The summed E-state index contributed by atoms with van der Waals surface area (Å²) in [6.45, 7) is 5.31. The van der Waals surface area contributed by atoms with Gasteiger partial charge >= 0.3 is 0 Å². The average Bonchev–Trinajstić information content (AvgIpc) is 3.23. The van der Waals surface area contributed by atoms with Crippen LogP contribution in [-0.4, -0.2) is 64.5 Å². The lowest BCUT2D eigenvalue weighted by Crippen LogP contribution is -2.60. The fourth-order valence-electron chi connectivity index (χ4n) is 4.70. The molecule has 0 amide bonds. The molecule has 0 bridgehead atoms. The lowest BCUT2D eigenvalue weighted by atomic mass is 9.86. The second-order valence-electron chi connectivity index (χ2n) is 7.99. The number of benzene rings is 1. The Hall–Kier alpha value is -2.38. The molecule has 1 aromatic heterocycles. The standard InChI is InChI=1S/C20H26N6O/c27-18-5-2-1-4-15(18)16-10-17-19(25-24-16)22-12-20(23-17)7-3-9-26(13-20)14-6-8-21-11-14/h1-2,4-5,10,14,21,23,27H,3,6-9,11-13H2,(H,22,25). The molecule has 2 aromatic rings. The van der Waals surface area contributed by atoms with Gasteiger partial charge in [0.1, 0.15) is 5.75 Å². The number of phenolic OH excluding ortho intramolecular Hbond substituents is 1. The second-order valence-corrected chi connectivity index (χ2v) is 7.99. The summed E-state index contributed by atoms with van der Waals surface area (Å²) in [5.74, 6) is 1.02. The maximum absolute atomic E-state index is 10.1. The van der Waals surface area contributed by atoms with E-state index in [0.29, 0.717) is 17.3 Å². The molecule has 0 aliphatic carbocycles. The molecule has 3 aliphatic rings. The van der Waals surface area contributed by atoms with Gasteiger partial charge in [0, 0.05) is 31.2 Å². The topological polar surface area (TPSA) is 85.3 Å². The van der Waals surface area contributed by atoms with Crippen LogP contribution in [0.4, 0.5) is 11.5 Å². The maximum Gasteiger partial charge on any atom is 0.172 e. The molecule has 2 atom stereocenters. The van der Waals surface area contributed by atoms with Gasteiger partial charge in [-0.15, -0.1) is 10.2 Å². The number of hydrogen-bond donors (Lipinski definition) is 4. The van der Waals surface area contributed by atoms with Gasteiger partial charge < -0.3 is 21.1 Å². The summed E-state index contributed by atoms with van der Waals surface area (Å²) < 4.78 is 0. The number of aromatic nitrogens is 2. The molecule has 27 heavy (non-hydrogen) atoms. The van der Waals surface area contributed by atoms with Crippen LogP contribution in [0.5, 0.6) is 5.75 Å². The highest BCUT2D eigenvalue weighted by Crippen LogP contribution is 2.37. The summed E-state index contributed by atoms with van der Waals surface area (Å²) in [7, 11) is 0. The number of hydrogen-bond acceptors (Lipinski definition) is 7. The Morgan fingerprint density at radius 1 is 1.22 bits per heavy atom. The summed E-state index contributed by atoms with van der Waals surface area (Å²) in [5, 5.41) is 29.6. The highest BCUT2D eigenvalue weighted by atomic mass is 16.3. The van der Waals surface area contributed by atoms with E-state index in [2.05, 4.69) is 31.0 Å². The number of nitrogens with one attached hydrogen (secondary N) is 3. The molecule has 2 fully saturated rings. The van der Waals surface area contributed by atoms with Crippen LogP contribution in [0.25, 0.3) is 11.3 Å². The molecule has 7 heteroatoms. The highest BCUT2D eigenvalue weighted by Gasteiger charge is 2.41. The van der Waals surface area contributed by atoms with Gasteiger partial charge in [-0.05, 0) is 50.6 Å². The van der Waals surface area contributed by atoms with Crippen molar-refractivity contribution in [2.45, 2.75) is 30.8 Å². The van der Waals surface area contributed by atoms with Crippen LogP contribution in [-0.2, 0) is 0 Å². The van der Waals surface area contributed by atoms with Crippen LogP contribution < -0.4 is 16.0 Å². The molecule has 2 unspecified atom stereocenters. The smallest absolute Gasteiger partial charge is 0.172 e. The molecular formula is C20H26N6O. The van der Waals surface area contributed by atoms with Gasteiger partial charge in [-0.2, -0.15) is 0 Å². The lowest BCUT2D eigenvalue weighted by Gasteiger charge is -2.48. The molecule has 4 heterocycles. The Labute approximate surface area is 159 Å². The second kappa shape index (κ2) is 6.65. The lowest BCUT2D eigenvalue weighted by molar-refractivity contribution is 0.126. The monoisotopic (exact) mass is 366 g/mol. The van der Waals surface area contributed by atoms with Crippen LogP contribution in [0.15, 0.2) is 30.3 Å².